The van der Waals surface area contributed by atoms with E-state index in [0.29, 0.717) is 29.0 Å². The molecule has 1 aliphatic heterocycles. The number of benzene rings is 3. The summed E-state index contributed by atoms with van der Waals surface area (Å²) in [6.07, 6.45) is 1.83. The van der Waals surface area contributed by atoms with Gasteiger partial charge in [0.1, 0.15) is 18.1 Å². The number of carbonyl (C=O) groups is 1. The van der Waals surface area contributed by atoms with Gasteiger partial charge in [0, 0.05) is 13.6 Å². The Labute approximate surface area is 218 Å². The molecule has 3 aromatic rings. The number of amidine groups is 1. The molecular weight excluding hydrogens is 615 g/mol. The quantitative estimate of drug-likeness (QED) is 0.226. The standard InChI is InChI=1S/C25H20BrIN2O3S/c1-2-31-21-10-8-20(9-11-21)28-25-29-24(30)23(33-25)14-17-13-18(26)5-12-22(17)32-15-16-3-6-19(27)7-4-16/h3-14H,2,15H2,1H3,(H,28,29,30)/b23-14+. The predicted molar refractivity (Wildman–Crippen MR) is 146 cm³/mol. The van der Waals surface area contributed by atoms with Crippen LogP contribution < -0.4 is 14.8 Å². The highest BCUT2D eigenvalue weighted by Gasteiger charge is 2.24. The highest BCUT2D eigenvalue weighted by molar-refractivity contribution is 14.1. The maximum atomic E-state index is 12.6. The average molecular weight is 635 g/mol. The Hall–Kier alpha value is -2.30. The van der Waals surface area contributed by atoms with Crippen molar-refractivity contribution in [1.82, 2.24) is 5.32 Å². The summed E-state index contributed by atoms with van der Waals surface area (Å²) in [7, 11) is 0. The molecule has 4 rings (SSSR count). The van der Waals surface area contributed by atoms with Crippen molar-refractivity contribution < 1.29 is 14.3 Å². The first-order valence-corrected chi connectivity index (χ1v) is 12.9. The summed E-state index contributed by atoms with van der Waals surface area (Å²) < 4.78 is 13.6. The smallest absolute Gasteiger partial charge is 0.264 e. The third-order valence-electron chi connectivity index (χ3n) is 4.60. The minimum atomic E-state index is -0.187. The van der Waals surface area contributed by atoms with Crippen LogP contribution in [0.1, 0.15) is 18.1 Å². The largest absolute Gasteiger partial charge is 0.494 e. The number of amides is 1. The minimum Gasteiger partial charge on any atom is -0.494 e. The molecule has 168 valence electrons. The average Bonchev–Trinajstić information content (AvgIpc) is 3.14. The van der Waals surface area contributed by atoms with Crippen LogP contribution in [0.25, 0.3) is 6.08 Å². The number of hydrogen-bond acceptors (Lipinski definition) is 5. The van der Waals surface area contributed by atoms with E-state index in [1.165, 1.54) is 15.3 Å². The zero-order valence-corrected chi connectivity index (χ0v) is 22.2. The van der Waals surface area contributed by atoms with Crippen molar-refractivity contribution in [2.75, 3.05) is 6.61 Å². The minimum absolute atomic E-state index is 0.187. The van der Waals surface area contributed by atoms with Gasteiger partial charge in [-0.3, -0.25) is 4.79 Å². The Morgan fingerprint density at radius 3 is 2.55 bits per heavy atom. The molecular formula is C25H20BrIN2O3S. The van der Waals surface area contributed by atoms with E-state index in [1.54, 1.807) is 0 Å². The number of nitrogens with zero attached hydrogens (tertiary/aromatic N) is 1. The van der Waals surface area contributed by atoms with Crippen molar-refractivity contribution in [2.45, 2.75) is 13.5 Å². The lowest BCUT2D eigenvalue weighted by molar-refractivity contribution is -0.115. The summed E-state index contributed by atoms with van der Waals surface area (Å²) in [6.45, 7) is 3.00. The number of ether oxygens (including phenoxy) is 2. The molecule has 33 heavy (non-hydrogen) atoms. The number of aliphatic imine (C=N–C) groups is 1. The lowest BCUT2D eigenvalue weighted by atomic mass is 10.2. The van der Waals surface area contributed by atoms with E-state index >= 15 is 0 Å². The Balaban J connectivity index is 1.51. The van der Waals surface area contributed by atoms with E-state index in [9.17, 15) is 4.79 Å². The van der Waals surface area contributed by atoms with Crippen molar-refractivity contribution in [3.63, 3.8) is 0 Å². The van der Waals surface area contributed by atoms with Crippen LogP contribution in [-0.4, -0.2) is 17.7 Å². The normalized spacial score (nSPS) is 15.7. The first-order chi connectivity index (χ1) is 16.0. The van der Waals surface area contributed by atoms with Gasteiger partial charge in [0.25, 0.3) is 5.91 Å². The molecule has 0 spiro atoms. The second-order valence-corrected chi connectivity index (χ2v) is 10.2. The molecule has 1 amide bonds. The summed E-state index contributed by atoms with van der Waals surface area (Å²) in [4.78, 5) is 17.7. The molecule has 1 saturated heterocycles. The number of halogens is 2. The second kappa shape index (κ2) is 11.2. The molecule has 1 fully saturated rings. The van der Waals surface area contributed by atoms with Gasteiger partial charge in [0.2, 0.25) is 0 Å². The second-order valence-electron chi connectivity index (χ2n) is 7.01. The molecule has 0 bridgehead atoms. The molecule has 0 aliphatic carbocycles. The van der Waals surface area contributed by atoms with Gasteiger partial charge in [-0.2, -0.15) is 0 Å². The van der Waals surface area contributed by atoms with Gasteiger partial charge in [-0.15, -0.1) is 0 Å². The fraction of sp³-hybridized carbons (Fsp3) is 0.120. The van der Waals surface area contributed by atoms with Crippen molar-refractivity contribution in [2.24, 2.45) is 4.99 Å². The Morgan fingerprint density at radius 2 is 1.82 bits per heavy atom. The first-order valence-electron chi connectivity index (χ1n) is 10.2. The zero-order valence-electron chi connectivity index (χ0n) is 17.7. The molecule has 5 nitrogen and oxygen atoms in total. The third-order valence-corrected chi connectivity index (χ3v) is 6.72. The summed E-state index contributed by atoms with van der Waals surface area (Å²) in [5.41, 5.74) is 2.64. The molecule has 1 N–H and O–H groups in total. The molecule has 0 atom stereocenters. The zero-order chi connectivity index (χ0) is 23.2. The van der Waals surface area contributed by atoms with Gasteiger partial charge in [-0.25, -0.2) is 4.99 Å². The molecule has 0 saturated carbocycles. The molecule has 0 radical (unpaired) electrons. The highest BCUT2D eigenvalue weighted by atomic mass is 127. The Kier molecular flexibility index (Phi) is 8.11. The van der Waals surface area contributed by atoms with Crippen molar-refractivity contribution in [3.05, 3.63) is 90.8 Å². The van der Waals surface area contributed by atoms with E-state index in [-0.39, 0.29) is 5.91 Å². The number of hydrogen-bond donors (Lipinski definition) is 1. The number of nitrogens with one attached hydrogen (secondary N) is 1. The molecule has 1 heterocycles. The molecule has 0 aromatic heterocycles. The van der Waals surface area contributed by atoms with Gasteiger partial charge in [0.15, 0.2) is 5.17 Å². The molecule has 1 aliphatic rings. The summed E-state index contributed by atoms with van der Waals surface area (Å²) >= 11 is 7.09. The number of thioether (sulfide) groups is 1. The summed E-state index contributed by atoms with van der Waals surface area (Å²) in [6, 6.07) is 21.4. The van der Waals surface area contributed by atoms with Crippen LogP contribution in [0.3, 0.4) is 0 Å². The van der Waals surface area contributed by atoms with Crippen molar-refractivity contribution >= 4 is 73.1 Å². The van der Waals surface area contributed by atoms with Crippen molar-refractivity contribution in [3.8, 4) is 11.5 Å². The van der Waals surface area contributed by atoms with Gasteiger partial charge in [-0.1, -0.05) is 28.1 Å². The Morgan fingerprint density at radius 1 is 1.06 bits per heavy atom. The molecule has 0 unspecified atom stereocenters. The SMILES string of the molecule is CCOc1ccc(N=C2NC(=O)/C(=C\c3cc(Br)ccc3OCc3ccc(I)cc3)S2)cc1. The van der Waals surface area contributed by atoms with E-state index in [2.05, 4.69) is 61.0 Å². The summed E-state index contributed by atoms with van der Waals surface area (Å²) in [5, 5.41) is 3.36. The van der Waals surface area contributed by atoms with Crippen LogP contribution in [0.5, 0.6) is 11.5 Å². The van der Waals surface area contributed by atoms with Crippen LogP contribution in [0, 0.1) is 3.57 Å². The van der Waals surface area contributed by atoms with E-state index in [0.717, 1.165) is 27.0 Å². The fourth-order valence-electron chi connectivity index (χ4n) is 3.03. The molecule has 3 aromatic carbocycles. The lowest BCUT2D eigenvalue weighted by Crippen LogP contribution is -2.19. The van der Waals surface area contributed by atoms with Crippen LogP contribution >= 0.6 is 50.3 Å². The van der Waals surface area contributed by atoms with Crippen LogP contribution in [0.4, 0.5) is 5.69 Å². The first kappa shape index (κ1) is 23.8. The summed E-state index contributed by atoms with van der Waals surface area (Å²) in [5.74, 6) is 1.31. The maximum Gasteiger partial charge on any atom is 0.264 e. The highest BCUT2D eigenvalue weighted by Crippen LogP contribution is 2.32. The molecule has 8 heteroatoms. The topological polar surface area (TPSA) is 59.9 Å². The van der Waals surface area contributed by atoms with E-state index < -0.39 is 0 Å². The monoisotopic (exact) mass is 634 g/mol. The van der Waals surface area contributed by atoms with E-state index in [1.807, 2.05) is 67.6 Å². The fourth-order valence-corrected chi connectivity index (χ4v) is 4.60. The van der Waals surface area contributed by atoms with Crippen LogP contribution in [-0.2, 0) is 11.4 Å². The van der Waals surface area contributed by atoms with Gasteiger partial charge in [-0.05, 0) is 108 Å². The van der Waals surface area contributed by atoms with Crippen LogP contribution in [0.15, 0.2) is 81.1 Å². The van der Waals surface area contributed by atoms with Gasteiger partial charge >= 0.3 is 0 Å². The van der Waals surface area contributed by atoms with E-state index in [4.69, 9.17) is 9.47 Å². The van der Waals surface area contributed by atoms with Gasteiger partial charge in [0.05, 0.1) is 17.2 Å². The predicted octanol–water partition coefficient (Wildman–Crippen LogP) is 6.92. The Bertz CT molecular complexity index is 1210. The van der Waals surface area contributed by atoms with Crippen LogP contribution in [0.2, 0.25) is 0 Å². The number of rotatable bonds is 7. The lowest BCUT2D eigenvalue weighted by Gasteiger charge is -2.10. The number of carbonyl (C=O) groups excluding carboxylic acids is 1. The maximum absolute atomic E-state index is 12.6. The van der Waals surface area contributed by atoms with Gasteiger partial charge < -0.3 is 14.8 Å². The van der Waals surface area contributed by atoms with Crippen molar-refractivity contribution in [1.29, 1.82) is 0 Å². The third kappa shape index (κ3) is 6.61.